The van der Waals surface area contributed by atoms with Crippen LogP contribution in [0.4, 0.5) is 0 Å². The monoisotopic (exact) mass is 770 g/mol. The van der Waals surface area contributed by atoms with Crippen LogP contribution in [0.25, 0.3) is 0 Å². The summed E-state index contributed by atoms with van der Waals surface area (Å²) in [4.78, 5) is 72.9. The van der Waals surface area contributed by atoms with E-state index < -0.39 is 67.4 Å². The van der Waals surface area contributed by atoms with Gasteiger partial charge in [-0.15, -0.1) is 0 Å². The number of rotatable bonds is 24. The van der Waals surface area contributed by atoms with E-state index in [0.29, 0.717) is 44.9 Å². The third-order valence-electron chi connectivity index (χ3n) is 8.19. The summed E-state index contributed by atoms with van der Waals surface area (Å²) in [6.07, 6.45) is 0. The SMILES string of the molecule is C=C(C)C(=O)OCCOc1c(C)cc(C(C)(C)c2cc(C)c(OCCOC(=O)C(=C)C)c(CN(CC(=O)O)CC(=O)O)c2)cc1CN(CC(=O)O)CC(=O)O. The fraction of sp³-hybridized carbons (Fsp3) is 0.436. The Hall–Kier alpha value is -5.74. The normalized spacial score (nSPS) is 11.2. The van der Waals surface area contributed by atoms with Gasteiger partial charge in [-0.1, -0.05) is 39.1 Å². The molecule has 0 spiro atoms. The van der Waals surface area contributed by atoms with Crippen molar-refractivity contribution in [3.63, 3.8) is 0 Å². The van der Waals surface area contributed by atoms with Crippen LogP contribution in [0.1, 0.15) is 61.1 Å². The molecule has 2 aromatic rings. The summed E-state index contributed by atoms with van der Waals surface area (Å²) < 4.78 is 22.4. The van der Waals surface area contributed by atoms with Crippen LogP contribution in [-0.2, 0) is 56.7 Å². The molecule has 2 rings (SSSR count). The highest BCUT2D eigenvalue weighted by Crippen LogP contribution is 2.39. The first-order chi connectivity index (χ1) is 25.6. The summed E-state index contributed by atoms with van der Waals surface area (Å²) in [7, 11) is 0. The summed E-state index contributed by atoms with van der Waals surface area (Å²) >= 11 is 0. The summed E-state index contributed by atoms with van der Waals surface area (Å²) in [5.41, 5.74) is 3.18. The molecular weight excluding hydrogens is 720 g/mol. The van der Waals surface area contributed by atoms with Crippen molar-refractivity contribution in [3.8, 4) is 11.5 Å². The second-order valence-corrected chi connectivity index (χ2v) is 13.6. The van der Waals surface area contributed by atoms with Crippen LogP contribution < -0.4 is 9.47 Å². The number of carboxylic acid groups (broad SMARTS) is 4. The maximum Gasteiger partial charge on any atom is 0.333 e. The maximum absolute atomic E-state index is 11.9. The van der Waals surface area contributed by atoms with Gasteiger partial charge in [-0.05, 0) is 62.1 Å². The third kappa shape index (κ3) is 14.5. The molecule has 16 heteroatoms. The molecule has 300 valence electrons. The molecule has 0 aromatic heterocycles. The lowest BCUT2D eigenvalue weighted by Crippen LogP contribution is -2.34. The first-order valence-corrected chi connectivity index (χ1v) is 17.1. The van der Waals surface area contributed by atoms with Crippen molar-refractivity contribution in [2.45, 2.75) is 60.0 Å². The van der Waals surface area contributed by atoms with Gasteiger partial charge in [-0.2, -0.15) is 0 Å². The molecule has 0 atom stereocenters. The molecule has 4 N–H and O–H groups in total. The van der Waals surface area contributed by atoms with Gasteiger partial charge < -0.3 is 39.4 Å². The highest BCUT2D eigenvalue weighted by Gasteiger charge is 2.29. The maximum atomic E-state index is 11.9. The van der Waals surface area contributed by atoms with Crippen LogP contribution in [0.3, 0.4) is 0 Å². The molecule has 0 aliphatic carbocycles. The van der Waals surface area contributed by atoms with Crippen molar-refractivity contribution in [2.75, 3.05) is 52.6 Å². The molecule has 0 aliphatic heterocycles. The lowest BCUT2D eigenvalue weighted by molar-refractivity contribution is -0.144. The Bertz CT molecular complexity index is 1640. The van der Waals surface area contributed by atoms with E-state index in [1.54, 1.807) is 26.0 Å². The molecular formula is C39H50N2O14. The number of carbonyl (C=O) groups excluding carboxylic acids is 2. The number of hydrogen-bond donors (Lipinski definition) is 4. The van der Waals surface area contributed by atoms with E-state index in [9.17, 15) is 49.2 Å². The van der Waals surface area contributed by atoms with E-state index in [-0.39, 0.29) is 50.7 Å². The zero-order chi connectivity index (χ0) is 41.6. The smallest absolute Gasteiger partial charge is 0.333 e. The van der Waals surface area contributed by atoms with Gasteiger partial charge in [0.2, 0.25) is 0 Å². The highest BCUT2D eigenvalue weighted by atomic mass is 16.6. The van der Waals surface area contributed by atoms with Gasteiger partial charge in [0.1, 0.15) is 37.9 Å². The molecule has 0 saturated carbocycles. The number of benzene rings is 2. The van der Waals surface area contributed by atoms with Gasteiger partial charge in [-0.25, -0.2) is 9.59 Å². The quantitative estimate of drug-likeness (QED) is 0.0680. The number of ether oxygens (including phenoxy) is 4. The van der Waals surface area contributed by atoms with Gasteiger partial charge in [0.25, 0.3) is 0 Å². The summed E-state index contributed by atoms with van der Waals surface area (Å²) in [5.74, 6) is -5.44. The van der Waals surface area contributed by atoms with Crippen molar-refractivity contribution in [1.29, 1.82) is 0 Å². The second kappa shape index (κ2) is 20.6. The number of carboxylic acids is 4. The van der Waals surface area contributed by atoms with Gasteiger partial charge in [0, 0.05) is 40.8 Å². The Morgan fingerprint density at radius 3 is 1.16 bits per heavy atom. The molecule has 55 heavy (non-hydrogen) atoms. The lowest BCUT2D eigenvalue weighted by Gasteiger charge is -2.31. The van der Waals surface area contributed by atoms with Gasteiger partial charge >= 0.3 is 35.8 Å². The van der Waals surface area contributed by atoms with Gasteiger partial charge in [0.15, 0.2) is 0 Å². The van der Waals surface area contributed by atoms with E-state index in [4.69, 9.17) is 18.9 Å². The number of esters is 2. The van der Waals surface area contributed by atoms with Crippen molar-refractivity contribution in [2.24, 2.45) is 0 Å². The highest BCUT2D eigenvalue weighted by molar-refractivity contribution is 5.87. The summed E-state index contributed by atoms with van der Waals surface area (Å²) in [6.45, 7) is 14.5. The second-order valence-electron chi connectivity index (χ2n) is 13.6. The minimum absolute atomic E-state index is 0.0624. The fourth-order valence-corrected chi connectivity index (χ4v) is 5.62. The Kier molecular flexibility index (Phi) is 17.0. The molecule has 0 heterocycles. The van der Waals surface area contributed by atoms with Crippen LogP contribution in [0, 0.1) is 13.8 Å². The fourth-order valence-electron chi connectivity index (χ4n) is 5.62. The molecule has 0 saturated heterocycles. The number of aryl methyl sites for hydroxylation is 2. The van der Waals surface area contributed by atoms with Crippen LogP contribution in [0.5, 0.6) is 11.5 Å². The Labute approximate surface area is 319 Å². The predicted octanol–water partition coefficient (Wildman–Crippen LogP) is 3.57. The van der Waals surface area contributed by atoms with Crippen molar-refractivity contribution < 1.29 is 68.1 Å². The largest absolute Gasteiger partial charge is 0.489 e. The number of aliphatic carboxylic acids is 4. The minimum atomic E-state index is -1.23. The Morgan fingerprint density at radius 1 is 0.582 bits per heavy atom. The van der Waals surface area contributed by atoms with Crippen LogP contribution in [0.15, 0.2) is 48.6 Å². The third-order valence-corrected chi connectivity index (χ3v) is 8.19. The first kappa shape index (κ1) is 45.4. The van der Waals surface area contributed by atoms with E-state index in [1.165, 1.54) is 23.6 Å². The Morgan fingerprint density at radius 2 is 0.891 bits per heavy atom. The van der Waals surface area contributed by atoms with Gasteiger partial charge in [0.05, 0.1) is 26.2 Å². The zero-order valence-corrected chi connectivity index (χ0v) is 32.1. The van der Waals surface area contributed by atoms with Crippen molar-refractivity contribution in [1.82, 2.24) is 9.80 Å². The molecule has 0 fully saturated rings. The van der Waals surface area contributed by atoms with E-state index in [1.807, 2.05) is 26.0 Å². The summed E-state index contributed by atoms with van der Waals surface area (Å²) in [5, 5.41) is 38.1. The molecule has 2 aromatic carbocycles. The zero-order valence-electron chi connectivity index (χ0n) is 32.1. The Balaban J connectivity index is 2.70. The van der Waals surface area contributed by atoms with Crippen molar-refractivity contribution >= 4 is 35.8 Å². The van der Waals surface area contributed by atoms with Crippen molar-refractivity contribution in [3.05, 3.63) is 82.0 Å². The van der Waals surface area contributed by atoms with E-state index >= 15 is 0 Å². The average Bonchev–Trinajstić information content (AvgIpc) is 3.04. The van der Waals surface area contributed by atoms with Crippen LogP contribution >= 0.6 is 0 Å². The number of hydrogen-bond acceptors (Lipinski definition) is 12. The summed E-state index contributed by atoms with van der Waals surface area (Å²) in [6, 6.07) is 7.26. The standard InChI is InChI=1S/C39H50N2O14/c1-23(2)37(50)54-11-9-52-35-25(5)13-29(15-27(35)17-40(19-31(42)43)20-32(44)45)39(7,8)30-14-26(6)36(53-10-12-55-38(51)24(3)4)28(16-30)18-41(21-33(46)47)22-34(48)49/h13-16H,1,3,9-12,17-22H2,2,4-8H3,(H,42,43)(H,44,45)(H,46,47)(H,48,49). The van der Waals surface area contributed by atoms with Crippen LogP contribution in [-0.4, -0.2) is 119 Å². The van der Waals surface area contributed by atoms with Gasteiger partial charge in [-0.3, -0.25) is 29.0 Å². The number of nitrogens with zero attached hydrogens (tertiary/aromatic N) is 2. The van der Waals surface area contributed by atoms with E-state index in [2.05, 4.69) is 13.2 Å². The molecule has 0 radical (unpaired) electrons. The predicted molar refractivity (Wildman–Crippen MR) is 198 cm³/mol. The lowest BCUT2D eigenvalue weighted by atomic mass is 9.76. The topological polar surface area (TPSA) is 227 Å². The number of carbonyl (C=O) groups is 6. The van der Waals surface area contributed by atoms with E-state index in [0.717, 1.165) is 0 Å². The minimum Gasteiger partial charge on any atom is -0.489 e. The molecule has 0 amide bonds. The molecule has 16 nitrogen and oxygen atoms in total. The molecule has 0 unspecified atom stereocenters. The molecule has 0 aliphatic rings. The molecule has 0 bridgehead atoms. The van der Waals surface area contributed by atoms with Crippen LogP contribution in [0.2, 0.25) is 0 Å². The first-order valence-electron chi connectivity index (χ1n) is 17.1. The average molecular weight is 771 g/mol.